The Labute approximate surface area is 213 Å². The molecule has 1 aliphatic rings. The van der Waals surface area contributed by atoms with Crippen LogP contribution in [-0.4, -0.2) is 52.8 Å². The third kappa shape index (κ3) is 5.49. The number of carbonyl (C=O) groups excluding carboxylic acids is 1. The van der Waals surface area contributed by atoms with Crippen LogP contribution in [0.3, 0.4) is 0 Å². The molecule has 0 bridgehead atoms. The van der Waals surface area contributed by atoms with E-state index in [1.54, 1.807) is 12.1 Å². The number of allylic oxidation sites excluding steroid dienone is 1. The number of pyridine rings is 1. The Kier molecular flexibility index (Phi) is 7.13. The molecule has 3 heterocycles. The van der Waals surface area contributed by atoms with E-state index in [0.29, 0.717) is 11.3 Å². The molecule has 4 N–H and O–H groups in total. The highest BCUT2D eigenvalue weighted by Gasteiger charge is 2.16. The molecule has 36 heavy (non-hydrogen) atoms. The first-order chi connectivity index (χ1) is 17.6. The summed E-state index contributed by atoms with van der Waals surface area (Å²) in [5.74, 6) is -0.477. The number of carbonyl (C=O) groups is 1. The van der Waals surface area contributed by atoms with E-state index in [4.69, 9.17) is 20.9 Å². The molecule has 1 fully saturated rings. The molecule has 0 atom stereocenters. The highest BCUT2D eigenvalue weighted by atomic mass is 32.1. The van der Waals surface area contributed by atoms with Crippen molar-refractivity contribution in [2.75, 3.05) is 31.6 Å². The Balaban J connectivity index is 1.35. The normalized spacial score (nSPS) is 14.6. The minimum absolute atomic E-state index is 0.0441. The smallest absolute Gasteiger partial charge is 0.271 e. The van der Waals surface area contributed by atoms with Crippen LogP contribution in [0.15, 0.2) is 78.6 Å². The van der Waals surface area contributed by atoms with Crippen molar-refractivity contribution in [3.05, 3.63) is 89.8 Å². The van der Waals surface area contributed by atoms with Crippen LogP contribution in [-0.2, 0) is 16.1 Å². The Morgan fingerprint density at radius 2 is 1.89 bits per heavy atom. The number of rotatable bonds is 7. The van der Waals surface area contributed by atoms with E-state index in [2.05, 4.69) is 21.3 Å². The summed E-state index contributed by atoms with van der Waals surface area (Å²) in [6.07, 6.45) is 3.27. The van der Waals surface area contributed by atoms with Crippen LogP contribution in [0.1, 0.15) is 11.1 Å². The second-order valence-corrected chi connectivity index (χ2v) is 9.43. The number of ether oxygens (including phenoxy) is 1. The number of fused-ring (bicyclic) bond motifs is 1. The van der Waals surface area contributed by atoms with Crippen molar-refractivity contribution in [1.29, 1.82) is 5.41 Å². The Bertz CT molecular complexity index is 1430. The summed E-state index contributed by atoms with van der Waals surface area (Å²) in [5.41, 5.74) is 10.2. The van der Waals surface area contributed by atoms with Crippen LogP contribution in [0.5, 0.6) is 0 Å². The van der Waals surface area contributed by atoms with Gasteiger partial charge in [-0.25, -0.2) is 9.97 Å². The molecular weight excluding hydrogens is 472 g/mol. The molecule has 4 aromatic rings. The molecule has 1 aliphatic heterocycles. The van der Waals surface area contributed by atoms with Gasteiger partial charge in [0.05, 0.1) is 30.3 Å². The van der Waals surface area contributed by atoms with Crippen molar-refractivity contribution < 1.29 is 9.53 Å². The van der Waals surface area contributed by atoms with Gasteiger partial charge in [0.1, 0.15) is 15.4 Å². The van der Waals surface area contributed by atoms with Gasteiger partial charge in [-0.3, -0.25) is 9.69 Å². The van der Waals surface area contributed by atoms with Gasteiger partial charge in [-0.2, -0.15) is 0 Å². The predicted molar refractivity (Wildman–Crippen MR) is 143 cm³/mol. The van der Waals surface area contributed by atoms with Gasteiger partial charge in [-0.15, -0.1) is 0 Å². The number of aromatic nitrogens is 2. The van der Waals surface area contributed by atoms with Crippen LogP contribution in [0, 0.1) is 5.41 Å². The van der Waals surface area contributed by atoms with Gasteiger partial charge in [0.25, 0.3) is 5.91 Å². The topological polar surface area (TPSA) is 117 Å². The Hall–Kier alpha value is -3.92. The maximum atomic E-state index is 12.8. The maximum absolute atomic E-state index is 12.8. The van der Waals surface area contributed by atoms with Gasteiger partial charge in [-0.1, -0.05) is 53.8 Å². The number of thiazole rings is 1. The van der Waals surface area contributed by atoms with E-state index >= 15 is 0 Å². The molecular formula is C27H26N6O2S. The number of hydrogen-bond donors (Lipinski definition) is 3. The number of anilines is 1. The fourth-order valence-corrected chi connectivity index (χ4v) is 4.91. The first-order valence-corrected chi connectivity index (χ1v) is 12.5. The second-order valence-electron chi connectivity index (χ2n) is 8.45. The first kappa shape index (κ1) is 23.8. The molecule has 9 heteroatoms. The molecule has 0 aliphatic carbocycles. The van der Waals surface area contributed by atoms with E-state index in [9.17, 15) is 4.79 Å². The largest absolute Gasteiger partial charge is 0.394 e. The molecule has 0 saturated carbocycles. The lowest BCUT2D eigenvalue weighted by Gasteiger charge is -2.26. The zero-order chi connectivity index (χ0) is 24.9. The number of morpholine rings is 1. The number of hydrogen-bond acceptors (Lipinski definition) is 8. The van der Waals surface area contributed by atoms with Crippen LogP contribution in [0.25, 0.3) is 20.9 Å². The van der Waals surface area contributed by atoms with E-state index in [-0.39, 0.29) is 11.4 Å². The molecule has 0 unspecified atom stereocenters. The summed E-state index contributed by atoms with van der Waals surface area (Å²) in [6.45, 7) is 4.15. The highest BCUT2D eigenvalue weighted by molar-refractivity contribution is 7.21. The van der Waals surface area contributed by atoms with Crippen molar-refractivity contribution in [1.82, 2.24) is 14.9 Å². The molecule has 8 nitrogen and oxygen atoms in total. The molecule has 0 spiro atoms. The molecule has 2 aromatic carbocycles. The maximum Gasteiger partial charge on any atom is 0.271 e. The second kappa shape index (κ2) is 10.8. The predicted octanol–water partition coefficient (Wildman–Crippen LogP) is 4.04. The first-order valence-electron chi connectivity index (χ1n) is 11.6. The number of nitrogens with zero attached hydrogens (tertiary/aromatic N) is 3. The van der Waals surface area contributed by atoms with Crippen molar-refractivity contribution >= 4 is 39.0 Å². The third-order valence-corrected chi connectivity index (χ3v) is 6.88. The van der Waals surface area contributed by atoms with Gasteiger partial charge < -0.3 is 21.2 Å². The molecule has 1 saturated heterocycles. The molecule has 0 radical (unpaired) electrons. The fourth-order valence-electron chi connectivity index (χ4n) is 3.98. The standard InChI is InChI=1S/C27H26N6O2S/c28-21(19-6-2-1-3-7-19)15-22(29)25(34)31-23-9-5-4-8-20(23)26-32-24-14-18(16-30-27(24)36-26)17-33-10-12-35-13-11-33/h1-9,14-16,28H,10-13,17,29H2,(H,31,34)/b22-15-,28-21?. The summed E-state index contributed by atoms with van der Waals surface area (Å²) in [6, 6.07) is 18.7. The third-order valence-electron chi connectivity index (χ3n) is 5.87. The van der Waals surface area contributed by atoms with Gasteiger partial charge >= 0.3 is 0 Å². The van der Waals surface area contributed by atoms with Gasteiger partial charge in [0.15, 0.2) is 0 Å². The average Bonchev–Trinajstić information content (AvgIpc) is 3.33. The van der Waals surface area contributed by atoms with Gasteiger partial charge in [-0.05, 0) is 35.4 Å². The number of para-hydroxylation sites is 1. The molecule has 1 amide bonds. The highest BCUT2D eigenvalue weighted by Crippen LogP contribution is 2.34. The average molecular weight is 499 g/mol. The van der Waals surface area contributed by atoms with Gasteiger partial charge in [0.2, 0.25) is 0 Å². The van der Waals surface area contributed by atoms with E-state index in [1.165, 1.54) is 17.4 Å². The van der Waals surface area contributed by atoms with E-state index in [1.807, 2.05) is 48.7 Å². The van der Waals surface area contributed by atoms with E-state index < -0.39 is 5.91 Å². The van der Waals surface area contributed by atoms with Gasteiger partial charge in [0, 0.05) is 31.4 Å². The summed E-state index contributed by atoms with van der Waals surface area (Å²) in [5, 5.41) is 11.8. The molecule has 2 aromatic heterocycles. The van der Waals surface area contributed by atoms with Crippen LogP contribution in [0.2, 0.25) is 0 Å². The minimum atomic E-state index is -0.477. The quantitative estimate of drug-likeness (QED) is 0.262. The number of nitrogens with two attached hydrogens (primary N) is 1. The molecule has 182 valence electrons. The van der Waals surface area contributed by atoms with Crippen LogP contribution < -0.4 is 11.1 Å². The number of nitrogens with one attached hydrogen (secondary N) is 2. The lowest BCUT2D eigenvalue weighted by Crippen LogP contribution is -2.35. The SMILES string of the molecule is N=C(/C=C(\N)C(=O)Nc1ccccc1-c1nc2cc(CN3CCOCC3)cnc2s1)c1ccccc1. The number of amides is 1. The van der Waals surface area contributed by atoms with Crippen molar-refractivity contribution in [2.24, 2.45) is 5.73 Å². The minimum Gasteiger partial charge on any atom is -0.394 e. The van der Waals surface area contributed by atoms with Crippen molar-refractivity contribution in [3.8, 4) is 10.6 Å². The Morgan fingerprint density at radius 3 is 2.69 bits per heavy atom. The lowest BCUT2D eigenvalue weighted by molar-refractivity contribution is -0.112. The summed E-state index contributed by atoms with van der Waals surface area (Å²) >= 11 is 1.48. The summed E-state index contributed by atoms with van der Waals surface area (Å²) in [4.78, 5) is 25.5. The van der Waals surface area contributed by atoms with Crippen molar-refractivity contribution in [2.45, 2.75) is 6.54 Å². The van der Waals surface area contributed by atoms with Crippen LogP contribution >= 0.6 is 11.3 Å². The zero-order valence-electron chi connectivity index (χ0n) is 19.6. The number of benzene rings is 2. The van der Waals surface area contributed by atoms with Crippen LogP contribution in [0.4, 0.5) is 5.69 Å². The monoisotopic (exact) mass is 498 g/mol. The molecule has 5 rings (SSSR count). The Morgan fingerprint density at radius 1 is 1.14 bits per heavy atom. The summed E-state index contributed by atoms with van der Waals surface area (Å²) in [7, 11) is 0. The summed E-state index contributed by atoms with van der Waals surface area (Å²) < 4.78 is 5.43. The van der Waals surface area contributed by atoms with Crippen molar-refractivity contribution in [3.63, 3.8) is 0 Å². The lowest BCUT2D eigenvalue weighted by atomic mass is 10.1. The zero-order valence-corrected chi connectivity index (χ0v) is 20.4. The van der Waals surface area contributed by atoms with E-state index in [0.717, 1.165) is 59.3 Å². The fraction of sp³-hybridized carbons (Fsp3) is 0.185.